The summed E-state index contributed by atoms with van der Waals surface area (Å²) in [7, 11) is 0. The van der Waals surface area contributed by atoms with Gasteiger partial charge in [0.2, 0.25) is 0 Å². The van der Waals surface area contributed by atoms with Crippen LogP contribution in [0.4, 0.5) is 0 Å². The van der Waals surface area contributed by atoms with E-state index in [0.29, 0.717) is 12.2 Å². The molecule has 0 radical (unpaired) electrons. The Hall–Kier alpha value is -3.08. The summed E-state index contributed by atoms with van der Waals surface area (Å²) in [6.45, 7) is 4.55. The Balaban J connectivity index is 1.82. The van der Waals surface area contributed by atoms with Crippen molar-refractivity contribution in [3.8, 4) is 5.75 Å². The lowest BCUT2D eigenvalue weighted by molar-refractivity contribution is -0.141. The van der Waals surface area contributed by atoms with Crippen molar-refractivity contribution in [3.05, 3.63) is 70.8 Å². The zero-order valence-electron chi connectivity index (χ0n) is 18.1. The molecule has 0 aromatic heterocycles. The highest BCUT2D eigenvalue weighted by molar-refractivity contribution is 6.46. The van der Waals surface area contributed by atoms with Crippen LogP contribution in [0, 0.1) is 0 Å². The molecule has 2 fully saturated rings. The number of benzene rings is 2. The number of hydrogen-bond donors (Lipinski definition) is 1. The molecule has 5 nitrogen and oxygen atoms in total. The quantitative estimate of drug-likeness (QED) is 0.406. The lowest BCUT2D eigenvalue weighted by Gasteiger charge is -2.30. The summed E-state index contributed by atoms with van der Waals surface area (Å²) in [4.78, 5) is 27.9. The minimum absolute atomic E-state index is 0.0146. The first kappa shape index (κ1) is 21.2. The molecule has 1 unspecified atom stereocenters. The largest absolute Gasteiger partial charge is 0.507 e. The van der Waals surface area contributed by atoms with Crippen LogP contribution in [0.5, 0.6) is 5.75 Å². The summed E-state index contributed by atoms with van der Waals surface area (Å²) in [6.07, 6.45) is 4.74. The molecule has 1 aliphatic heterocycles. The molecule has 4 rings (SSSR count). The fourth-order valence-electron chi connectivity index (χ4n) is 4.70. The number of hydrogen-bond acceptors (Lipinski definition) is 4. The second-order valence-electron chi connectivity index (χ2n) is 8.20. The van der Waals surface area contributed by atoms with Crippen LogP contribution < -0.4 is 4.74 Å². The second kappa shape index (κ2) is 8.96. The smallest absolute Gasteiger partial charge is 0.295 e. The molecule has 162 valence electrons. The van der Waals surface area contributed by atoms with Gasteiger partial charge in [0.1, 0.15) is 11.5 Å². The number of ketones is 1. The van der Waals surface area contributed by atoms with Crippen LogP contribution in [0.1, 0.15) is 62.3 Å². The van der Waals surface area contributed by atoms with Crippen molar-refractivity contribution in [2.75, 3.05) is 6.61 Å². The van der Waals surface area contributed by atoms with Gasteiger partial charge in [0.05, 0.1) is 18.2 Å². The number of aryl methyl sites for hydroxylation is 1. The van der Waals surface area contributed by atoms with Gasteiger partial charge in [0, 0.05) is 11.6 Å². The van der Waals surface area contributed by atoms with Gasteiger partial charge in [-0.3, -0.25) is 9.59 Å². The third kappa shape index (κ3) is 3.97. The minimum Gasteiger partial charge on any atom is -0.507 e. The molecule has 1 saturated heterocycles. The molecule has 1 saturated carbocycles. The third-order valence-corrected chi connectivity index (χ3v) is 6.34. The van der Waals surface area contributed by atoms with Gasteiger partial charge in [-0.15, -0.1) is 0 Å². The SMILES string of the molecule is CCOc1ccc(C2/C(=C(/O)c3ccc(CC)cc3)C(=O)C(=O)N2C2CCCC2)cc1. The summed E-state index contributed by atoms with van der Waals surface area (Å²) in [5, 5.41) is 11.2. The van der Waals surface area contributed by atoms with Crippen LogP contribution in [0.3, 0.4) is 0 Å². The maximum Gasteiger partial charge on any atom is 0.295 e. The predicted molar refractivity (Wildman–Crippen MR) is 120 cm³/mol. The molecule has 0 bridgehead atoms. The molecule has 1 amide bonds. The molecular formula is C26H29NO4. The standard InChI is InChI=1S/C26H29NO4/c1-3-17-9-11-19(12-10-17)24(28)22-23(18-13-15-21(16-14-18)31-4-2)27(26(30)25(22)29)20-7-5-6-8-20/h9-16,20,23,28H,3-8H2,1-2H3/b24-22-. The molecule has 2 aliphatic rings. The Kier molecular flexibility index (Phi) is 6.12. The van der Waals surface area contributed by atoms with E-state index in [1.54, 1.807) is 4.90 Å². The van der Waals surface area contributed by atoms with Crippen molar-refractivity contribution < 1.29 is 19.4 Å². The number of Topliss-reactive ketones (excluding diaryl/α,β-unsaturated/α-hetero) is 1. The van der Waals surface area contributed by atoms with Gasteiger partial charge in [0.15, 0.2) is 0 Å². The highest BCUT2D eigenvalue weighted by Crippen LogP contribution is 2.43. The lowest BCUT2D eigenvalue weighted by Crippen LogP contribution is -2.37. The van der Waals surface area contributed by atoms with Gasteiger partial charge in [0.25, 0.3) is 11.7 Å². The number of nitrogens with zero attached hydrogens (tertiary/aromatic N) is 1. The van der Waals surface area contributed by atoms with E-state index in [0.717, 1.165) is 49.0 Å². The molecule has 1 atom stereocenters. The molecule has 31 heavy (non-hydrogen) atoms. The fraction of sp³-hybridized carbons (Fsp3) is 0.385. The molecule has 0 spiro atoms. The van der Waals surface area contributed by atoms with Crippen molar-refractivity contribution >= 4 is 17.4 Å². The van der Waals surface area contributed by atoms with E-state index in [2.05, 4.69) is 6.92 Å². The Morgan fingerprint density at radius 1 is 1.00 bits per heavy atom. The molecule has 2 aromatic carbocycles. The Labute approximate surface area is 183 Å². The Bertz CT molecular complexity index is 985. The Morgan fingerprint density at radius 2 is 1.65 bits per heavy atom. The van der Waals surface area contributed by atoms with Crippen molar-refractivity contribution in [2.45, 2.75) is 58.0 Å². The number of aliphatic hydroxyl groups excluding tert-OH is 1. The zero-order valence-corrected chi connectivity index (χ0v) is 18.1. The number of aliphatic hydroxyl groups is 1. The summed E-state index contributed by atoms with van der Waals surface area (Å²) >= 11 is 0. The summed E-state index contributed by atoms with van der Waals surface area (Å²) in [5.41, 5.74) is 2.68. The van der Waals surface area contributed by atoms with Crippen molar-refractivity contribution in [1.29, 1.82) is 0 Å². The van der Waals surface area contributed by atoms with E-state index in [4.69, 9.17) is 4.74 Å². The fourth-order valence-corrected chi connectivity index (χ4v) is 4.70. The lowest BCUT2D eigenvalue weighted by atomic mass is 9.94. The van der Waals surface area contributed by atoms with E-state index < -0.39 is 17.7 Å². The first-order valence-electron chi connectivity index (χ1n) is 11.2. The monoisotopic (exact) mass is 419 g/mol. The average Bonchev–Trinajstić information content (AvgIpc) is 3.41. The van der Waals surface area contributed by atoms with Gasteiger partial charge in [-0.25, -0.2) is 0 Å². The number of carbonyl (C=O) groups is 2. The van der Waals surface area contributed by atoms with Crippen molar-refractivity contribution in [2.24, 2.45) is 0 Å². The van der Waals surface area contributed by atoms with E-state index in [-0.39, 0.29) is 17.4 Å². The van der Waals surface area contributed by atoms with E-state index in [1.807, 2.05) is 55.5 Å². The molecular weight excluding hydrogens is 390 g/mol. The van der Waals surface area contributed by atoms with Crippen LogP contribution in [-0.4, -0.2) is 34.3 Å². The molecule has 5 heteroatoms. The molecule has 2 aromatic rings. The normalized spacial score (nSPS) is 21.1. The number of rotatable bonds is 6. The third-order valence-electron chi connectivity index (χ3n) is 6.34. The first-order chi connectivity index (χ1) is 15.0. The van der Waals surface area contributed by atoms with Crippen molar-refractivity contribution in [3.63, 3.8) is 0 Å². The van der Waals surface area contributed by atoms with Crippen molar-refractivity contribution in [1.82, 2.24) is 4.90 Å². The van der Waals surface area contributed by atoms with Crippen LogP contribution in [0.2, 0.25) is 0 Å². The highest BCUT2D eigenvalue weighted by atomic mass is 16.5. The van der Waals surface area contributed by atoms with E-state index in [1.165, 1.54) is 0 Å². The maximum absolute atomic E-state index is 13.1. The van der Waals surface area contributed by atoms with Gasteiger partial charge in [-0.1, -0.05) is 56.2 Å². The second-order valence-corrected chi connectivity index (χ2v) is 8.20. The number of carbonyl (C=O) groups excluding carboxylic acids is 2. The summed E-state index contributed by atoms with van der Waals surface area (Å²) < 4.78 is 5.55. The van der Waals surface area contributed by atoms with Crippen LogP contribution in [0.15, 0.2) is 54.1 Å². The molecule has 1 aliphatic carbocycles. The van der Waals surface area contributed by atoms with Crippen LogP contribution >= 0.6 is 0 Å². The van der Waals surface area contributed by atoms with E-state index in [9.17, 15) is 14.7 Å². The van der Waals surface area contributed by atoms with Gasteiger partial charge in [-0.2, -0.15) is 0 Å². The topological polar surface area (TPSA) is 66.8 Å². The molecule has 1 N–H and O–H groups in total. The summed E-state index contributed by atoms with van der Waals surface area (Å²) in [5.74, 6) is -0.500. The first-order valence-corrected chi connectivity index (χ1v) is 11.2. The molecule has 1 heterocycles. The highest BCUT2D eigenvalue weighted by Gasteiger charge is 2.49. The summed E-state index contributed by atoms with van der Waals surface area (Å²) in [6, 6.07) is 14.4. The predicted octanol–water partition coefficient (Wildman–Crippen LogP) is 5.01. The van der Waals surface area contributed by atoms with Crippen LogP contribution in [0.25, 0.3) is 5.76 Å². The number of ether oxygens (including phenoxy) is 1. The minimum atomic E-state index is -0.608. The van der Waals surface area contributed by atoms with Gasteiger partial charge in [-0.05, 0) is 49.4 Å². The van der Waals surface area contributed by atoms with Gasteiger partial charge < -0.3 is 14.7 Å². The number of amides is 1. The zero-order chi connectivity index (χ0) is 22.0. The Morgan fingerprint density at radius 3 is 2.23 bits per heavy atom. The van der Waals surface area contributed by atoms with E-state index >= 15 is 0 Å². The maximum atomic E-state index is 13.1. The average molecular weight is 420 g/mol. The number of likely N-dealkylation sites (tertiary alicyclic amines) is 1. The van der Waals surface area contributed by atoms with Crippen LogP contribution in [-0.2, 0) is 16.0 Å². The van der Waals surface area contributed by atoms with Gasteiger partial charge >= 0.3 is 0 Å².